The van der Waals surface area contributed by atoms with Crippen molar-refractivity contribution >= 4 is 65.0 Å². The van der Waals surface area contributed by atoms with Crippen LogP contribution in [0.5, 0.6) is 23.0 Å². The third kappa shape index (κ3) is 33.9. The van der Waals surface area contributed by atoms with Gasteiger partial charge < -0.3 is 75.8 Å². The summed E-state index contributed by atoms with van der Waals surface area (Å²) in [5.41, 5.74) is 22.1. The van der Waals surface area contributed by atoms with E-state index in [0.717, 1.165) is 55.8 Å². The number of nitrogens with two attached hydrogens (primary N) is 2. The van der Waals surface area contributed by atoms with Crippen LogP contribution in [0.1, 0.15) is 265 Å². The van der Waals surface area contributed by atoms with Gasteiger partial charge >= 0.3 is 17.9 Å². The Kier molecular flexibility index (Phi) is 38.6. The van der Waals surface area contributed by atoms with Crippen molar-refractivity contribution in [3.63, 3.8) is 0 Å². The molecule has 0 saturated heterocycles. The van der Waals surface area contributed by atoms with E-state index in [2.05, 4.69) is 5.32 Å². The van der Waals surface area contributed by atoms with E-state index in [-0.39, 0.29) is 42.4 Å². The van der Waals surface area contributed by atoms with Gasteiger partial charge in [0.15, 0.2) is 5.78 Å². The van der Waals surface area contributed by atoms with Crippen LogP contribution in [0, 0.1) is 0 Å². The number of primary amides is 2. The quantitative estimate of drug-likeness (QED) is 0.0174. The number of aliphatic hydroxyl groups is 1. The monoisotopic (exact) mass is 2030 g/mol. The Morgan fingerprint density at radius 2 is 0.573 bits per heavy atom. The van der Waals surface area contributed by atoms with Crippen LogP contribution in [-0.4, -0.2) is 168 Å². The van der Waals surface area contributed by atoms with Crippen LogP contribution in [0.2, 0.25) is 0 Å². The topological polar surface area (TPSA) is 383 Å². The molecule has 3 atom stereocenters. The Labute approximate surface area is 886 Å². The summed E-state index contributed by atoms with van der Waals surface area (Å²) in [4.78, 5) is 144. The first-order chi connectivity index (χ1) is 74.8. The summed E-state index contributed by atoms with van der Waals surface area (Å²) < 4.78 is 77.6. The number of hydrogen-bond acceptors (Lipinski definition) is 16. The van der Waals surface area contributed by atoms with E-state index in [1.165, 1.54) is 14.7 Å². The molecule has 12 aromatic carbocycles. The number of Topliss-reactive ketones (excluding diaryl/α,β-unsaturated/α-hetero) is 1. The maximum Gasteiger partial charge on any atom is 0.303 e. The normalized spacial score (nSPS) is 14.9. The molecule has 4 aliphatic rings. The predicted molar refractivity (Wildman–Crippen MR) is 579 cm³/mol. The van der Waals surface area contributed by atoms with Crippen LogP contribution in [0.15, 0.2) is 315 Å². The number of aliphatic hydroxyl groups excluding tert-OH is 1. The highest BCUT2D eigenvalue weighted by molar-refractivity contribution is 6.02. The molecule has 0 radical (unpaired) electrons. The fraction of sp³-hybridized carbons (Fsp3) is 0.331. The van der Waals surface area contributed by atoms with Crippen molar-refractivity contribution in [2.24, 2.45) is 11.5 Å². The number of aliphatic carboxylic acids is 3. The molecule has 0 spiro atoms. The van der Waals surface area contributed by atoms with E-state index in [9.17, 15) is 52.7 Å². The van der Waals surface area contributed by atoms with Crippen LogP contribution in [-0.2, 0) is 40.1 Å². The SMILES string of the molecule is [2H]C1(N(C(=O)c2ccc(-c3ccccc3)cc2)C(C(=O)NC(C)(C)C)c2ccccc2OCCCCCC(=O)O)CC1.[2H]C1(N(C(=O)c2ccc(-c3ccccc3)cc2)C(C(N)=O)c2ccccc2OCCCCCC(=O)CO)CC1.[2H]C1(N(C(=O)c2ccc(-c3ccccc3)cc2)C(C(N)=O)c2ccccc2OCCCCCC(=O)O)CC1.[2H]C1(N(C(=O)c2ccc(-c3ccccc3)cc2)C([2H])([2H])c2ccccc2OCCCCCC(=O)O)CC1. The molecule has 12 aromatic rings. The molecule has 16 rings (SSSR count). The number of benzene rings is 12. The number of unbranched alkanes of at least 4 members (excludes halogenated alkanes) is 8. The largest absolute Gasteiger partial charge is 0.493 e. The molecule has 150 heavy (non-hydrogen) atoms. The van der Waals surface area contributed by atoms with E-state index in [1.807, 2.05) is 197 Å². The number of amides is 7. The number of nitrogens with zero attached hydrogens (tertiary/aromatic N) is 4. The molecule has 0 heterocycles. The lowest BCUT2D eigenvalue weighted by Gasteiger charge is -2.34. The number of carbonyl (C=O) groups excluding carboxylic acids is 8. The summed E-state index contributed by atoms with van der Waals surface area (Å²) in [7, 11) is 0. The highest BCUT2D eigenvalue weighted by Crippen LogP contribution is 2.44. The van der Waals surface area contributed by atoms with Crippen molar-refractivity contribution in [3.8, 4) is 67.5 Å². The first-order valence-corrected chi connectivity index (χ1v) is 51.4. The van der Waals surface area contributed by atoms with Gasteiger partial charge in [-0.05, 0) is 266 Å². The Bertz CT molecular complexity index is 6800. The highest BCUT2D eigenvalue weighted by atomic mass is 16.5. The summed E-state index contributed by atoms with van der Waals surface area (Å²) in [5.74, 6) is -4.72. The number of nitrogens with one attached hydrogen (secondary N) is 1. The third-order valence-corrected chi connectivity index (χ3v) is 25.3. The molecule has 0 bridgehead atoms. The number of carbonyl (C=O) groups is 11. The number of rotatable bonds is 52. The molecule has 26 nitrogen and oxygen atoms in total. The van der Waals surface area contributed by atoms with Gasteiger partial charge in [0.2, 0.25) is 17.7 Å². The standard InChI is InChI=1S/C34H40N2O5.C31H34N2O5.C30H32N2O5.C29H31NO4/c1-34(2,3)35-32(39)31(28-14-9-10-15-29(28)41-23-11-5-8-16-30(37)38)36(27-21-22-27)33(40)26-19-17-25(18-20-26)24-12-6-4-7-13-24;32-30(36)29(27-12-6-7-13-28(27)38-20-8-2-5-11-26(35)21-34)33(25-18-19-25)31(37)24-16-14-23(15-17-24)22-9-3-1-4-10-22;31-29(35)28(25-11-6-7-12-26(25)37-20-8-2-5-13-27(33)34)32(24-18-19-24)30(36)23-16-14-22(15-17-23)21-9-3-1-4-10-21;31-28(32)13-5-2-8-20-34-27-12-7-6-11-25(27)21-30(26-18-19-26)29(33)24-16-14-23(15-17-24)22-9-3-1-4-10-22/h4,6-7,9-10,12-15,17-20,27,31H,5,8,11,16,21-23H2,1-3H3,(H,35,39)(H,37,38);1,3-4,6-7,9-10,12-17,25,29,34H,2,5,8,11,18-21H2,(H2,32,36);1,3-4,6-7,9-12,14-17,24,28H,2,5,8,13,18-20H2,(H2,31,35)(H,33,34);1,3-4,6-7,9-12,14-17,26H,2,5,8,13,18-21H2,(H,31,32)/i27D;25D;24D;21D2,26D. The van der Waals surface area contributed by atoms with Crippen LogP contribution >= 0.6 is 0 Å². The van der Waals surface area contributed by atoms with Crippen molar-refractivity contribution in [1.29, 1.82) is 0 Å². The van der Waals surface area contributed by atoms with Crippen molar-refractivity contribution in [2.75, 3.05) is 33.0 Å². The number of ether oxygens (including phenoxy) is 4. The smallest absolute Gasteiger partial charge is 0.303 e. The number of ketones is 1. The van der Waals surface area contributed by atoms with Crippen LogP contribution in [0.4, 0.5) is 0 Å². The lowest BCUT2D eigenvalue weighted by molar-refractivity contribution is -0.138. The zero-order chi connectivity index (χ0) is 112. The van der Waals surface area contributed by atoms with E-state index < -0.39 is 108 Å². The van der Waals surface area contributed by atoms with Gasteiger partial charge in [-0.3, -0.25) is 52.7 Å². The van der Waals surface area contributed by atoms with E-state index in [4.69, 9.17) is 59.1 Å². The average molecular weight is 2040 g/mol. The summed E-state index contributed by atoms with van der Waals surface area (Å²) in [6, 6.07) is 87.0. The van der Waals surface area contributed by atoms with Crippen molar-refractivity contribution in [3.05, 3.63) is 360 Å². The lowest BCUT2D eigenvalue weighted by atomic mass is 9.98. The summed E-state index contributed by atoms with van der Waals surface area (Å²) in [6.07, 6.45) is 11.9. The van der Waals surface area contributed by atoms with Crippen molar-refractivity contribution < 1.29 is 100 Å². The third-order valence-electron chi connectivity index (χ3n) is 25.3. The molecule has 4 aliphatic carbocycles. The second-order valence-corrected chi connectivity index (χ2v) is 38.2. The second kappa shape index (κ2) is 56.4. The molecule has 26 heteroatoms. The van der Waals surface area contributed by atoms with E-state index >= 15 is 0 Å². The van der Waals surface area contributed by atoms with Crippen molar-refractivity contribution in [1.82, 2.24) is 24.9 Å². The zero-order valence-electron chi connectivity index (χ0n) is 91.1. The maximum atomic E-state index is 14.2. The minimum absolute atomic E-state index is 0.105. The fourth-order valence-electron chi connectivity index (χ4n) is 17.1. The minimum atomic E-state index is -2.28. The number of para-hydroxylation sites is 4. The van der Waals surface area contributed by atoms with Gasteiger partial charge in [-0.25, -0.2) is 0 Å². The van der Waals surface area contributed by atoms with Gasteiger partial charge in [0.1, 0.15) is 47.7 Å². The number of carboxylic acids is 3. The van der Waals surface area contributed by atoms with Gasteiger partial charge in [-0.1, -0.05) is 243 Å². The Morgan fingerprint density at radius 1 is 0.320 bits per heavy atom. The molecule has 782 valence electrons. The Balaban J connectivity index is 0.000000172. The van der Waals surface area contributed by atoms with Gasteiger partial charge in [-0.15, -0.1) is 0 Å². The molecule has 7 amide bonds. The predicted octanol–water partition coefficient (Wildman–Crippen LogP) is 22.7. The Hall–Kier alpha value is -15.8. The first kappa shape index (κ1) is 103. The molecule has 3 unspecified atom stereocenters. The molecule has 9 N–H and O–H groups in total. The first-order valence-electron chi connectivity index (χ1n) is 54.4. The molecule has 4 saturated carbocycles. The molecule has 0 aliphatic heterocycles. The summed E-state index contributed by atoms with van der Waals surface area (Å²) >= 11 is 0. The lowest BCUT2D eigenvalue weighted by Crippen LogP contribution is -2.50. The zero-order valence-corrected chi connectivity index (χ0v) is 85.1. The molecule has 0 aromatic heterocycles. The highest BCUT2D eigenvalue weighted by Gasteiger charge is 2.46. The minimum Gasteiger partial charge on any atom is -0.493 e. The van der Waals surface area contributed by atoms with E-state index in [0.29, 0.717) is 217 Å². The number of hydrogen-bond donors (Lipinski definition) is 7. The van der Waals surface area contributed by atoms with Crippen LogP contribution < -0.4 is 35.7 Å². The Morgan fingerprint density at radius 3 is 0.860 bits per heavy atom. The summed E-state index contributed by atoms with van der Waals surface area (Å²) in [6.45, 7) is 4.21. The molecule has 4 fully saturated rings. The van der Waals surface area contributed by atoms with Gasteiger partial charge in [0.25, 0.3) is 23.6 Å². The molecular weight excluding hydrogens is 1890 g/mol. The number of carboxylic acid groups (broad SMARTS) is 3. The average Bonchev–Trinajstić information content (AvgIpc) is 1.63. The van der Waals surface area contributed by atoms with Crippen LogP contribution in [0.3, 0.4) is 0 Å². The fourth-order valence-corrected chi connectivity index (χ4v) is 17.1. The van der Waals surface area contributed by atoms with E-state index in [1.54, 1.807) is 140 Å². The second-order valence-electron chi connectivity index (χ2n) is 38.2. The van der Waals surface area contributed by atoms with Crippen molar-refractivity contribution in [2.45, 2.75) is 229 Å². The van der Waals surface area contributed by atoms with Gasteiger partial charge in [0.05, 0.1) is 34.7 Å². The van der Waals surface area contributed by atoms with Crippen LogP contribution in [0.25, 0.3) is 44.5 Å². The van der Waals surface area contributed by atoms with Gasteiger partial charge in [-0.2, -0.15) is 0 Å². The summed E-state index contributed by atoms with van der Waals surface area (Å²) in [5, 5.41) is 38.3. The molecular formula is C124H137N7O19. The van der Waals surface area contributed by atoms with Gasteiger partial charge in [0, 0.05) is 106 Å². The maximum absolute atomic E-state index is 14.2.